The molecule has 118 valence electrons. The van der Waals surface area contributed by atoms with Crippen molar-refractivity contribution in [3.8, 4) is 0 Å². The summed E-state index contributed by atoms with van der Waals surface area (Å²) in [5, 5.41) is 2.79. The highest BCUT2D eigenvalue weighted by atomic mass is 79.9. The summed E-state index contributed by atoms with van der Waals surface area (Å²) in [6.45, 7) is 3.59. The normalized spacial score (nSPS) is 12.0. The van der Waals surface area contributed by atoms with Crippen LogP contribution in [0.4, 0.5) is 0 Å². The Morgan fingerprint density at radius 1 is 1.27 bits per heavy atom. The number of carbonyl (C=O) groups is 2. The molecule has 0 aliphatic carbocycles. The third kappa shape index (κ3) is 4.00. The second-order valence-corrected chi connectivity index (χ2v) is 5.78. The molecule has 2 amide bonds. The van der Waals surface area contributed by atoms with E-state index in [9.17, 15) is 9.59 Å². The van der Waals surface area contributed by atoms with Gasteiger partial charge < -0.3 is 19.1 Å². The minimum absolute atomic E-state index is 0.0683. The minimum atomic E-state index is -0.359. The highest BCUT2D eigenvalue weighted by Crippen LogP contribution is 2.16. The first-order chi connectivity index (χ1) is 10.4. The molecule has 0 saturated carbocycles. The van der Waals surface area contributed by atoms with Gasteiger partial charge in [0.1, 0.15) is 11.5 Å². The molecule has 7 heteroatoms. The number of aryl methyl sites for hydroxylation is 1. The van der Waals surface area contributed by atoms with Crippen LogP contribution in [0.1, 0.15) is 35.0 Å². The maximum atomic E-state index is 12.1. The molecule has 2 rings (SSSR count). The maximum Gasteiger partial charge on any atom is 0.289 e. The van der Waals surface area contributed by atoms with Gasteiger partial charge in [0.2, 0.25) is 5.91 Å². The summed E-state index contributed by atoms with van der Waals surface area (Å²) in [7, 11) is 1.54. The number of carbonyl (C=O) groups excluding carboxylic acids is 2. The van der Waals surface area contributed by atoms with Gasteiger partial charge in [0.25, 0.3) is 5.91 Å². The molecule has 2 aromatic rings. The number of likely N-dealkylation sites (N-methyl/N-ethyl adjacent to an activating group) is 1. The molecule has 0 fully saturated rings. The Bertz CT molecular complexity index is 677. The van der Waals surface area contributed by atoms with Gasteiger partial charge in [0, 0.05) is 7.05 Å². The molecule has 6 nitrogen and oxygen atoms in total. The number of halogens is 1. The number of amides is 2. The van der Waals surface area contributed by atoms with E-state index in [1.54, 1.807) is 19.2 Å². The van der Waals surface area contributed by atoms with E-state index < -0.39 is 0 Å². The predicted octanol–water partition coefficient (Wildman–Crippen LogP) is 2.89. The second kappa shape index (κ2) is 6.83. The van der Waals surface area contributed by atoms with E-state index in [1.807, 2.05) is 26.0 Å². The summed E-state index contributed by atoms with van der Waals surface area (Å²) in [4.78, 5) is 25.4. The van der Waals surface area contributed by atoms with Crippen molar-refractivity contribution in [2.45, 2.75) is 19.9 Å². The molecule has 2 heterocycles. The molecular formula is C15H17BrN2O4. The number of nitrogens with one attached hydrogen (secondary N) is 1. The van der Waals surface area contributed by atoms with Crippen molar-refractivity contribution in [3.05, 3.63) is 46.2 Å². The van der Waals surface area contributed by atoms with Crippen LogP contribution in [0.3, 0.4) is 0 Å². The molecule has 1 unspecified atom stereocenters. The lowest BCUT2D eigenvalue weighted by atomic mass is 10.2. The molecule has 0 aliphatic heterocycles. The Balaban J connectivity index is 1.89. The van der Waals surface area contributed by atoms with Crippen LogP contribution in [0.15, 0.2) is 37.8 Å². The molecule has 0 spiro atoms. The van der Waals surface area contributed by atoms with Gasteiger partial charge in [-0.15, -0.1) is 0 Å². The Morgan fingerprint density at radius 2 is 2.00 bits per heavy atom. The largest absolute Gasteiger partial charge is 0.464 e. The van der Waals surface area contributed by atoms with Crippen molar-refractivity contribution in [2.75, 3.05) is 13.6 Å². The lowest BCUT2D eigenvalue weighted by molar-refractivity contribution is -0.122. The van der Waals surface area contributed by atoms with Gasteiger partial charge in [-0.2, -0.15) is 0 Å². The molecule has 0 aliphatic rings. The first-order valence-electron chi connectivity index (χ1n) is 6.73. The molecule has 0 radical (unpaired) electrons. The zero-order valence-electron chi connectivity index (χ0n) is 12.6. The van der Waals surface area contributed by atoms with Crippen LogP contribution in [0.2, 0.25) is 0 Å². The highest BCUT2D eigenvalue weighted by Gasteiger charge is 2.20. The topological polar surface area (TPSA) is 75.7 Å². The van der Waals surface area contributed by atoms with Crippen LogP contribution >= 0.6 is 15.9 Å². The fraction of sp³-hybridized carbons (Fsp3) is 0.333. The summed E-state index contributed by atoms with van der Waals surface area (Å²) >= 11 is 3.13. The minimum Gasteiger partial charge on any atom is -0.464 e. The average Bonchev–Trinajstić information content (AvgIpc) is 3.06. The molecule has 0 aromatic carbocycles. The molecule has 0 bridgehead atoms. The van der Waals surface area contributed by atoms with Crippen molar-refractivity contribution >= 4 is 27.7 Å². The number of hydrogen-bond donors (Lipinski definition) is 1. The molecule has 1 N–H and O–H groups in total. The molecule has 22 heavy (non-hydrogen) atoms. The van der Waals surface area contributed by atoms with Crippen LogP contribution in [0.5, 0.6) is 0 Å². The Labute approximate surface area is 136 Å². The van der Waals surface area contributed by atoms with Crippen LogP contribution in [0, 0.1) is 6.92 Å². The zero-order chi connectivity index (χ0) is 16.3. The van der Waals surface area contributed by atoms with E-state index in [0.717, 1.165) is 5.76 Å². The van der Waals surface area contributed by atoms with Crippen LogP contribution in [-0.2, 0) is 4.79 Å². The molecule has 2 aromatic heterocycles. The summed E-state index contributed by atoms with van der Waals surface area (Å²) in [5.41, 5.74) is 0. The smallest absolute Gasteiger partial charge is 0.289 e. The quantitative estimate of drug-likeness (QED) is 0.880. The number of furan rings is 2. The van der Waals surface area contributed by atoms with Gasteiger partial charge in [-0.05, 0) is 54.0 Å². The monoisotopic (exact) mass is 368 g/mol. The van der Waals surface area contributed by atoms with E-state index in [0.29, 0.717) is 10.4 Å². The Kier molecular flexibility index (Phi) is 5.07. The van der Waals surface area contributed by atoms with Gasteiger partial charge in [-0.25, -0.2) is 0 Å². The lowest BCUT2D eigenvalue weighted by Gasteiger charge is -2.17. The van der Waals surface area contributed by atoms with Crippen molar-refractivity contribution < 1.29 is 18.4 Å². The summed E-state index contributed by atoms with van der Waals surface area (Å²) in [5.74, 6) is 1.00. The Morgan fingerprint density at radius 3 is 2.55 bits per heavy atom. The van der Waals surface area contributed by atoms with E-state index in [4.69, 9.17) is 8.83 Å². The van der Waals surface area contributed by atoms with E-state index in [1.165, 1.54) is 4.90 Å². The highest BCUT2D eigenvalue weighted by molar-refractivity contribution is 9.10. The zero-order valence-corrected chi connectivity index (χ0v) is 14.1. The maximum absolute atomic E-state index is 12.1. The van der Waals surface area contributed by atoms with Gasteiger partial charge in [0.05, 0.1) is 12.6 Å². The van der Waals surface area contributed by atoms with Crippen LogP contribution < -0.4 is 5.32 Å². The van der Waals surface area contributed by atoms with Crippen molar-refractivity contribution in [1.29, 1.82) is 0 Å². The first-order valence-corrected chi connectivity index (χ1v) is 7.52. The lowest BCUT2D eigenvalue weighted by Crippen LogP contribution is -2.39. The standard InChI is InChI=1S/C15H17BrN2O4/c1-9-4-5-11(21-9)10(2)17-14(19)8-18(3)15(20)12-6-7-13(16)22-12/h4-7,10H,8H2,1-3H3,(H,17,19). The van der Waals surface area contributed by atoms with Crippen molar-refractivity contribution in [2.24, 2.45) is 0 Å². The van der Waals surface area contributed by atoms with Crippen molar-refractivity contribution in [1.82, 2.24) is 10.2 Å². The van der Waals surface area contributed by atoms with Gasteiger partial charge in [0.15, 0.2) is 10.4 Å². The summed E-state index contributed by atoms with van der Waals surface area (Å²) < 4.78 is 11.1. The third-order valence-corrected chi connectivity index (χ3v) is 3.50. The fourth-order valence-corrected chi connectivity index (χ4v) is 2.26. The fourth-order valence-electron chi connectivity index (χ4n) is 1.95. The van der Waals surface area contributed by atoms with Crippen LogP contribution in [-0.4, -0.2) is 30.3 Å². The van der Waals surface area contributed by atoms with Gasteiger partial charge in [-0.3, -0.25) is 9.59 Å². The van der Waals surface area contributed by atoms with Gasteiger partial charge in [-0.1, -0.05) is 0 Å². The molecular weight excluding hydrogens is 352 g/mol. The van der Waals surface area contributed by atoms with Crippen LogP contribution in [0.25, 0.3) is 0 Å². The first kappa shape index (κ1) is 16.4. The van der Waals surface area contributed by atoms with E-state index >= 15 is 0 Å². The molecule has 0 saturated heterocycles. The van der Waals surface area contributed by atoms with Crippen molar-refractivity contribution in [3.63, 3.8) is 0 Å². The van der Waals surface area contributed by atoms with Gasteiger partial charge >= 0.3 is 0 Å². The summed E-state index contributed by atoms with van der Waals surface area (Å²) in [6.07, 6.45) is 0. The van der Waals surface area contributed by atoms with E-state index in [2.05, 4.69) is 21.2 Å². The second-order valence-electron chi connectivity index (χ2n) is 5.00. The third-order valence-electron chi connectivity index (χ3n) is 3.08. The number of hydrogen-bond acceptors (Lipinski definition) is 4. The SMILES string of the molecule is Cc1ccc(C(C)NC(=O)CN(C)C(=O)c2ccc(Br)o2)o1. The molecule has 1 atom stereocenters. The number of rotatable bonds is 5. The predicted molar refractivity (Wildman–Crippen MR) is 83.4 cm³/mol. The average molecular weight is 369 g/mol. The Hall–Kier alpha value is -2.02. The summed E-state index contributed by atoms with van der Waals surface area (Å²) in [6, 6.07) is 6.57. The van der Waals surface area contributed by atoms with E-state index in [-0.39, 0.29) is 30.2 Å². The number of nitrogens with zero attached hydrogens (tertiary/aromatic N) is 1.